The van der Waals surface area contributed by atoms with Crippen molar-refractivity contribution in [1.82, 2.24) is 10.3 Å². The van der Waals surface area contributed by atoms with E-state index in [4.69, 9.17) is 9.47 Å². The maximum absolute atomic E-state index is 5.54. The summed E-state index contributed by atoms with van der Waals surface area (Å²) in [5.41, 5.74) is 3.59. The molecule has 0 saturated carbocycles. The van der Waals surface area contributed by atoms with Gasteiger partial charge in [-0.05, 0) is 24.6 Å². The molecule has 0 spiro atoms. The lowest BCUT2D eigenvalue weighted by Crippen LogP contribution is -2.34. The van der Waals surface area contributed by atoms with Crippen LogP contribution in [0.4, 0.5) is 0 Å². The molecule has 18 heavy (non-hydrogen) atoms. The molecule has 1 unspecified atom stereocenters. The molecule has 1 fully saturated rings. The molecule has 2 heterocycles. The van der Waals surface area contributed by atoms with Crippen LogP contribution in [0.25, 0.3) is 10.9 Å². The van der Waals surface area contributed by atoms with E-state index in [1.807, 2.05) is 6.07 Å². The van der Waals surface area contributed by atoms with E-state index < -0.39 is 0 Å². The van der Waals surface area contributed by atoms with Crippen LogP contribution >= 0.6 is 0 Å². The van der Waals surface area contributed by atoms with Crippen LogP contribution in [0.1, 0.15) is 17.2 Å². The van der Waals surface area contributed by atoms with Gasteiger partial charge >= 0.3 is 0 Å². The van der Waals surface area contributed by atoms with E-state index in [0.717, 1.165) is 31.0 Å². The topological polar surface area (TPSA) is 46.3 Å². The minimum absolute atomic E-state index is 0.262. The van der Waals surface area contributed by atoms with Gasteiger partial charge in [0.1, 0.15) is 5.75 Å². The standard InChI is InChI=1S/C14H18N2O2/c1-9-13(17-2)4-3-11-14(9)10(7-16-11)12-8-18-6-5-15-12/h3-4,7,12,15-16H,5-6,8H2,1-2H3. The molecule has 1 aliphatic rings. The number of H-pyrrole nitrogens is 1. The highest BCUT2D eigenvalue weighted by Gasteiger charge is 2.20. The minimum Gasteiger partial charge on any atom is -0.496 e. The zero-order valence-electron chi connectivity index (χ0n) is 10.7. The van der Waals surface area contributed by atoms with E-state index in [2.05, 4.69) is 29.5 Å². The molecular formula is C14H18N2O2. The van der Waals surface area contributed by atoms with E-state index in [1.54, 1.807) is 7.11 Å². The first-order valence-corrected chi connectivity index (χ1v) is 6.27. The Kier molecular flexibility index (Phi) is 2.97. The molecule has 1 aromatic heterocycles. The van der Waals surface area contributed by atoms with Crippen molar-refractivity contribution in [2.24, 2.45) is 0 Å². The minimum atomic E-state index is 0.262. The Balaban J connectivity index is 2.11. The van der Waals surface area contributed by atoms with Crippen LogP contribution < -0.4 is 10.1 Å². The lowest BCUT2D eigenvalue weighted by Gasteiger charge is -2.24. The summed E-state index contributed by atoms with van der Waals surface area (Å²) in [6, 6.07) is 4.33. The molecule has 0 aliphatic carbocycles. The largest absolute Gasteiger partial charge is 0.496 e. The number of hydrogen-bond acceptors (Lipinski definition) is 3. The van der Waals surface area contributed by atoms with Gasteiger partial charge in [-0.2, -0.15) is 0 Å². The fraction of sp³-hybridized carbons (Fsp3) is 0.429. The van der Waals surface area contributed by atoms with Gasteiger partial charge in [-0.1, -0.05) is 0 Å². The molecular weight excluding hydrogens is 228 g/mol. The highest BCUT2D eigenvalue weighted by atomic mass is 16.5. The summed E-state index contributed by atoms with van der Waals surface area (Å²) in [6.45, 7) is 4.52. The van der Waals surface area contributed by atoms with Gasteiger partial charge in [-0.25, -0.2) is 0 Å². The summed E-state index contributed by atoms with van der Waals surface area (Å²) >= 11 is 0. The number of ether oxygens (including phenoxy) is 2. The molecule has 1 saturated heterocycles. The number of methoxy groups -OCH3 is 1. The summed E-state index contributed by atoms with van der Waals surface area (Å²) in [5, 5.41) is 4.74. The van der Waals surface area contributed by atoms with Crippen LogP contribution in [0.15, 0.2) is 18.3 Å². The number of rotatable bonds is 2. The number of fused-ring (bicyclic) bond motifs is 1. The average molecular weight is 246 g/mol. The average Bonchev–Trinajstić information content (AvgIpc) is 2.85. The second-order valence-corrected chi connectivity index (χ2v) is 4.64. The molecule has 0 amide bonds. The number of benzene rings is 1. The fourth-order valence-electron chi connectivity index (χ4n) is 2.67. The van der Waals surface area contributed by atoms with Crippen LogP contribution in [0, 0.1) is 6.92 Å². The summed E-state index contributed by atoms with van der Waals surface area (Å²) in [7, 11) is 1.71. The predicted octanol–water partition coefficient (Wildman–Crippen LogP) is 2.15. The molecule has 4 heteroatoms. The number of aromatic nitrogens is 1. The highest BCUT2D eigenvalue weighted by molar-refractivity contribution is 5.89. The smallest absolute Gasteiger partial charge is 0.122 e. The van der Waals surface area contributed by atoms with E-state index in [0.29, 0.717) is 0 Å². The Labute approximate surface area is 106 Å². The Hall–Kier alpha value is -1.52. The third kappa shape index (κ3) is 1.78. The number of nitrogens with one attached hydrogen (secondary N) is 2. The Morgan fingerprint density at radius 1 is 1.39 bits per heavy atom. The maximum atomic E-state index is 5.54. The summed E-state index contributed by atoms with van der Waals surface area (Å²) in [5.74, 6) is 0.931. The summed E-state index contributed by atoms with van der Waals surface area (Å²) in [6.07, 6.45) is 2.07. The molecule has 0 bridgehead atoms. The quantitative estimate of drug-likeness (QED) is 0.853. The van der Waals surface area contributed by atoms with Crippen molar-refractivity contribution >= 4 is 10.9 Å². The Bertz CT molecular complexity index is 556. The second-order valence-electron chi connectivity index (χ2n) is 4.64. The highest BCUT2D eigenvalue weighted by Crippen LogP contribution is 2.32. The number of aromatic amines is 1. The van der Waals surface area contributed by atoms with E-state index >= 15 is 0 Å². The molecule has 96 valence electrons. The van der Waals surface area contributed by atoms with Gasteiger partial charge in [0.05, 0.1) is 26.4 Å². The maximum Gasteiger partial charge on any atom is 0.122 e. The molecule has 4 nitrogen and oxygen atoms in total. The molecule has 0 radical (unpaired) electrons. The predicted molar refractivity (Wildman–Crippen MR) is 71.2 cm³/mol. The van der Waals surface area contributed by atoms with Crippen molar-refractivity contribution in [3.63, 3.8) is 0 Å². The molecule has 1 aliphatic heterocycles. The van der Waals surface area contributed by atoms with E-state index in [9.17, 15) is 0 Å². The number of morpholine rings is 1. The lowest BCUT2D eigenvalue weighted by atomic mass is 10.0. The van der Waals surface area contributed by atoms with Gasteiger partial charge in [-0.15, -0.1) is 0 Å². The van der Waals surface area contributed by atoms with Crippen LogP contribution in [-0.4, -0.2) is 31.9 Å². The first kappa shape index (κ1) is 11.6. The fourth-order valence-corrected chi connectivity index (χ4v) is 2.67. The van der Waals surface area contributed by atoms with E-state index in [1.165, 1.54) is 16.5 Å². The first-order chi connectivity index (χ1) is 8.81. The van der Waals surface area contributed by atoms with Crippen LogP contribution in [-0.2, 0) is 4.74 Å². The zero-order valence-corrected chi connectivity index (χ0v) is 10.7. The third-order valence-electron chi connectivity index (χ3n) is 3.60. The number of hydrogen-bond donors (Lipinski definition) is 2. The van der Waals surface area contributed by atoms with E-state index in [-0.39, 0.29) is 6.04 Å². The van der Waals surface area contributed by atoms with Gasteiger partial charge in [-0.3, -0.25) is 0 Å². The van der Waals surface area contributed by atoms with Gasteiger partial charge in [0.2, 0.25) is 0 Å². The van der Waals surface area contributed by atoms with Crippen molar-refractivity contribution < 1.29 is 9.47 Å². The van der Waals surface area contributed by atoms with Crippen molar-refractivity contribution in [1.29, 1.82) is 0 Å². The normalized spacial score (nSPS) is 20.2. The lowest BCUT2D eigenvalue weighted by molar-refractivity contribution is 0.0773. The van der Waals surface area contributed by atoms with Crippen molar-refractivity contribution in [3.8, 4) is 5.75 Å². The Morgan fingerprint density at radius 3 is 3.00 bits per heavy atom. The molecule has 2 aromatic rings. The van der Waals surface area contributed by atoms with Crippen LogP contribution in [0.3, 0.4) is 0 Å². The van der Waals surface area contributed by atoms with Gasteiger partial charge in [0, 0.05) is 29.2 Å². The van der Waals surface area contributed by atoms with Crippen LogP contribution in [0.5, 0.6) is 5.75 Å². The summed E-state index contributed by atoms with van der Waals surface area (Å²) in [4.78, 5) is 3.33. The number of aryl methyl sites for hydroxylation is 1. The molecule has 1 aromatic carbocycles. The molecule has 2 N–H and O–H groups in total. The summed E-state index contributed by atoms with van der Waals surface area (Å²) < 4.78 is 10.9. The SMILES string of the molecule is COc1ccc2[nH]cc(C3COCCN3)c2c1C. The zero-order chi connectivity index (χ0) is 12.5. The molecule has 3 rings (SSSR count). The van der Waals surface area contributed by atoms with Crippen molar-refractivity contribution in [2.45, 2.75) is 13.0 Å². The molecule has 1 atom stereocenters. The second kappa shape index (κ2) is 4.63. The monoisotopic (exact) mass is 246 g/mol. The first-order valence-electron chi connectivity index (χ1n) is 6.27. The third-order valence-corrected chi connectivity index (χ3v) is 3.60. The Morgan fingerprint density at radius 2 is 2.28 bits per heavy atom. The van der Waals surface area contributed by atoms with Gasteiger partial charge in [0.25, 0.3) is 0 Å². The van der Waals surface area contributed by atoms with Gasteiger partial charge < -0.3 is 19.8 Å². The van der Waals surface area contributed by atoms with Crippen LogP contribution in [0.2, 0.25) is 0 Å². The van der Waals surface area contributed by atoms with Crippen molar-refractivity contribution in [3.05, 3.63) is 29.5 Å². The van der Waals surface area contributed by atoms with Crippen molar-refractivity contribution in [2.75, 3.05) is 26.9 Å². The van der Waals surface area contributed by atoms with Gasteiger partial charge in [0.15, 0.2) is 0 Å².